The van der Waals surface area contributed by atoms with Crippen molar-refractivity contribution in [3.05, 3.63) is 125 Å². The first-order valence-electron chi connectivity index (χ1n) is 12.6. The lowest BCUT2D eigenvalue weighted by Gasteiger charge is -2.13. The molecule has 0 saturated carbocycles. The fourth-order valence-corrected chi connectivity index (χ4v) is 5.68. The van der Waals surface area contributed by atoms with Gasteiger partial charge in [0.25, 0.3) is 11.8 Å². The highest BCUT2D eigenvalue weighted by atomic mass is 35.5. The molecule has 0 aliphatic heterocycles. The molecule has 210 valence electrons. The van der Waals surface area contributed by atoms with Crippen LogP contribution < -0.4 is 16.0 Å². The van der Waals surface area contributed by atoms with Crippen molar-refractivity contribution in [2.45, 2.75) is 4.90 Å². The summed E-state index contributed by atoms with van der Waals surface area (Å²) in [5.74, 6) is -1.98. The van der Waals surface area contributed by atoms with Crippen LogP contribution in [-0.4, -0.2) is 28.5 Å². The molecular weight excluding hydrogens is 595 g/mol. The molecule has 0 fully saturated rings. The van der Waals surface area contributed by atoms with Crippen molar-refractivity contribution in [1.82, 2.24) is 10.3 Å². The largest absolute Gasteiger partial charge is 0.321 e. The zero-order valence-electron chi connectivity index (χ0n) is 21.8. The van der Waals surface area contributed by atoms with E-state index in [2.05, 4.69) is 20.9 Å². The van der Waals surface area contributed by atoms with Crippen LogP contribution in [-0.2, 0) is 9.59 Å². The molecule has 0 aliphatic rings. The summed E-state index contributed by atoms with van der Waals surface area (Å²) in [5.41, 5.74) is 1.30. The Balaban J connectivity index is 1.28. The average molecular weight is 617 g/mol. The van der Waals surface area contributed by atoms with Crippen LogP contribution in [0.2, 0.25) is 5.02 Å². The second-order valence-electron chi connectivity index (χ2n) is 8.82. The molecule has 0 spiro atoms. The summed E-state index contributed by atoms with van der Waals surface area (Å²) < 4.78 is 15.5. The van der Waals surface area contributed by atoms with Gasteiger partial charge in [-0.05, 0) is 60.7 Å². The molecule has 4 aromatic carbocycles. The third kappa shape index (κ3) is 7.41. The zero-order chi connectivity index (χ0) is 29.5. The van der Waals surface area contributed by atoms with E-state index < -0.39 is 17.6 Å². The van der Waals surface area contributed by atoms with Gasteiger partial charge < -0.3 is 16.0 Å². The monoisotopic (exact) mass is 616 g/mol. The van der Waals surface area contributed by atoms with Gasteiger partial charge in [-0.2, -0.15) is 0 Å². The second kappa shape index (κ2) is 13.4. The molecule has 42 heavy (non-hydrogen) atoms. The number of aromatic nitrogens is 1. The number of thioether (sulfide) groups is 1. The molecule has 0 saturated heterocycles. The summed E-state index contributed by atoms with van der Waals surface area (Å²) in [4.78, 5) is 43.9. The molecule has 0 unspecified atom stereocenters. The molecular formula is C31H22ClFN4O3S2. The van der Waals surface area contributed by atoms with Gasteiger partial charge >= 0.3 is 0 Å². The van der Waals surface area contributed by atoms with Crippen molar-refractivity contribution in [3.8, 4) is 0 Å². The van der Waals surface area contributed by atoms with E-state index in [1.807, 2.05) is 24.3 Å². The van der Waals surface area contributed by atoms with Gasteiger partial charge in [-0.3, -0.25) is 14.4 Å². The molecule has 3 amide bonds. The van der Waals surface area contributed by atoms with Crippen LogP contribution in [0.1, 0.15) is 15.9 Å². The van der Waals surface area contributed by atoms with E-state index >= 15 is 0 Å². The lowest BCUT2D eigenvalue weighted by atomic mass is 10.1. The van der Waals surface area contributed by atoms with Crippen molar-refractivity contribution in [1.29, 1.82) is 0 Å². The number of carbonyl (C=O) groups excluding carboxylic acids is 3. The van der Waals surface area contributed by atoms with E-state index in [0.29, 0.717) is 16.4 Å². The van der Waals surface area contributed by atoms with Gasteiger partial charge in [0.05, 0.1) is 21.0 Å². The van der Waals surface area contributed by atoms with E-state index in [0.717, 1.165) is 15.1 Å². The van der Waals surface area contributed by atoms with Crippen molar-refractivity contribution < 1.29 is 18.8 Å². The van der Waals surface area contributed by atoms with Crippen LogP contribution in [0.4, 0.5) is 15.2 Å². The van der Waals surface area contributed by atoms with Gasteiger partial charge in [0.15, 0.2) is 5.13 Å². The first kappa shape index (κ1) is 29.0. The van der Waals surface area contributed by atoms with Crippen LogP contribution in [0.3, 0.4) is 0 Å². The van der Waals surface area contributed by atoms with E-state index in [1.165, 1.54) is 47.4 Å². The number of rotatable bonds is 9. The van der Waals surface area contributed by atoms with Gasteiger partial charge in [0, 0.05) is 21.7 Å². The molecule has 5 aromatic rings. The smallest absolute Gasteiger partial charge is 0.272 e. The minimum absolute atomic E-state index is 0.0406. The molecule has 1 heterocycles. The second-order valence-corrected chi connectivity index (χ2v) is 11.3. The number of thiazole rings is 1. The summed E-state index contributed by atoms with van der Waals surface area (Å²) in [6, 6.07) is 27.0. The number of nitrogens with one attached hydrogen (secondary N) is 3. The molecule has 11 heteroatoms. The van der Waals surface area contributed by atoms with Crippen molar-refractivity contribution in [2.24, 2.45) is 0 Å². The number of benzene rings is 4. The molecule has 0 radical (unpaired) electrons. The molecule has 1 aromatic heterocycles. The van der Waals surface area contributed by atoms with E-state index in [9.17, 15) is 18.8 Å². The number of fused-ring (bicyclic) bond motifs is 1. The number of halogens is 2. The highest BCUT2D eigenvalue weighted by Gasteiger charge is 2.17. The minimum Gasteiger partial charge on any atom is -0.321 e. The Labute approximate surface area is 253 Å². The molecule has 7 nitrogen and oxygen atoms in total. The Morgan fingerprint density at radius 1 is 0.905 bits per heavy atom. The van der Waals surface area contributed by atoms with Crippen LogP contribution in [0.5, 0.6) is 0 Å². The predicted molar refractivity (Wildman–Crippen MR) is 167 cm³/mol. The topological polar surface area (TPSA) is 100 Å². The molecule has 0 aliphatic carbocycles. The summed E-state index contributed by atoms with van der Waals surface area (Å²) >= 11 is 8.86. The van der Waals surface area contributed by atoms with E-state index in [4.69, 9.17) is 11.6 Å². The first-order valence-corrected chi connectivity index (χ1v) is 14.8. The van der Waals surface area contributed by atoms with Gasteiger partial charge in [-0.15, -0.1) is 11.8 Å². The summed E-state index contributed by atoms with van der Waals surface area (Å²) in [6.07, 6.45) is 1.19. The van der Waals surface area contributed by atoms with E-state index in [-0.39, 0.29) is 27.9 Å². The summed E-state index contributed by atoms with van der Waals surface area (Å²) in [5, 5.41) is 8.72. The number of amides is 3. The number of hydrogen-bond donors (Lipinski definition) is 3. The highest BCUT2D eigenvalue weighted by Crippen LogP contribution is 2.27. The quantitative estimate of drug-likeness (QED) is 0.120. The maximum atomic E-state index is 14.5. The standard InChI is InChI=1S/C31H22ClFN4O3S2/c32-23-12-7-13-24(33)22(23)17-26(35-29(39)19-8-2-1-3-9-19)30(40)34-20-10-6-11-21(16-20)41-18-28(38)37-31-36-25-14-4-5-15-27(25)42-31/h1-17H,18H2,(H,34,40)(H,35,39)(H,36,37,38)/b26-17+. The molecule has 0 atom stereocenters. The zero-order valence-corrected chi connectivity index (χ0v) is 24.2. The highest BCUT2D eigenvalue weighted by molar-refractivity contribution is 8.00. The summed E-state index contributed by atoms with van der Waals surface area (Å²) in [6.45, 7) is 0. The number of hydrogen-bond acceptors (Lipinski definition) is 6. The number of para-hydroxylation sites is 1. The predicted octanol–water partition coefficient (Wildman–Crippen LogP) is 7.23. The Morgan fingerprint density at radius 3 is 2.45 bits per heavy atom. The Morgan fingerprint density at radius 2 is 1.67 bits per heavy atom. The Kier molecular flexibility index (Phi) is 9.28. The lowest BCUT2D eigenvalue weighted by Crippen LogP contribution is -2.30. The van der Waals surface area contributed by atoms with Crippen molar-refractivity contribution in [3.63, 3.8) is 0 Å². The van der Waals surface area contributed by atoms with Gasteiger partial charge in [0.2, 0.25) is 5.91 Å². The first-order chi connectivity index (χ1) is 20.4. The van der Waals surface area contributed by atoms with Gasteiger partial charge in [-0.1, -0.05) is 65.4 Å². The normalized spacial score (nSPS) is 11.2. The SMILES string of the molecule is O=C(CSc1cccc(NC(=O)/C(=C\c2c(F)cccc2Cl)NC(=O)c2ccccc2)c1)Nc1nc2ccccc2s1. The lowest BCUT2D eigenvalue weighted by molar-refractivity contribution is -0.114. The maximum Gasteiger partial charge on any atom is 0.272 e. The van der Waals surface area contributed by atoms with E-state index in [1.54, 1.807) is 54.6 Å². The molecule has 0 bridgehead atoms. The minimum atomic E-state index is -0.686. The van der Waals surface area contributed by atoms with Crippen molar-refractivity contribution >= 4 is 79.5 Å². The number of nitrogens with zero attached hydrogens (tertiary/aromatic N) is 1. The fourth-order valence-electron chi connectivity index (χ4n) is 3.83. The average Bonchev–Trinajstić information content (AvgIpc) is 3.40. The van der Waals surface area contributed by atoms with Crippen LogP contribution in [0.25, 0.3) is 16.3 Å². The summed E-state index contributed by atoms with van der Waals surface area (Å²) in [7, 11) is 0. The van der Waals surface area contributed by atoms with Crippen LogP contribution in [0, 0.1) is 5.82 Å². The van der Waals surface area contributed by atoms with Crippen LogP contribution in [0.15, 0.2) is 108 Å². The van der Waals surface area contributed by atoms with Gasteiger partial charge in [-0.25, -0.2) is 9.37 Å². The van der Waals surface area contributed by atoms with Crippen molar-refractivity contribution in [2.75, 3.05) is 16.4 Å². The maximum absolute atomic E-state index is 14.5. The molecule has 3 N–H and O–H groups in total. The Bertz CT molecular complexity index is 1760. The Hall–Kier alpha value is -4.51. The fraction of sp³-hybridized carbons (Fsp3) is 0.0323. The third-order valence-electron chi connectivity index (χ3n) is 5.82. The number of carbonyl (C=O) groups is 3. The van der Waals surface area contributed by atoms with Crippen LogP contribution >= 0.6 is 34.7 Å². The van der Waals surface area contributed by atoms with Gasteiger partial charge in [0.1, 0.15) is 11.5 Å². The third-order valence-corrected chi connectivity index (χ3v) is 8.09. The molecule has 5 rings (SSSR count). The number of anilines is 2.